The maximum Gasteiger partial charge on any atom is 0.315 e. The molecule has 2 heterocycles. The van der Waals surface area contributed by atoms with Crippen molar-refractivity contribution in [1.82, 2.24) is 10.6 Å². The second kappa shape index (κ2) is 7.41. The molecular formula is C16H22N2O5. The second-order valence-corrected chi connectivity index (χ2v) is 5.60. The predicted octanol–water partition coefficient (Wildman–Crippen LogP) is 1.66. The first-order valence-electron chi connectivity index (χ1n) is 7.91. The van der Waals surface area contributed by atoms with E-state index < -0.39 is 0 Å². The summed E-state index contributed by atoms with van der Waals surface area (Å²) in [7, 11) is 0. The SMILES string of the molecule is CC(NC(=O)NCCOc1ccc2c(c1)OCO2)C1CCCO1. The molecule has 0 aromatic heterocycles. The molecule has 2 aliphatic heterocycles. The first-order chi connectivity index (χ1) is 11.2. The highest BCUT2D eigenvalue weighted by Crippen LogP contribution is 2.34. The maximum atomic E-state index is 11.8. The fraction of sp³-hybridized carbons (Fsp3) is 0.562. The van der Waals surface area contributed by atoms with Crippen LogP contribution >= 0.6 is 0 Å². The molecule has 0 bridgehead atoms. The van der Waals surface area contributed by atoms with Crippen molar-refractivity contribution in [2.24, 2.45) is 0 Å². The third-order valence-electron chi connectivity index (χ3n) is 3.88. The van der Waals surface area contributed by atoms with Crippen LogP contribution in [-0.4, -0.2) is 44.7 Å². The maximum absolute atomic E-state index is 11.8. The Bertz CT molecular complexity index is 545. The Labute approximate surface area is 135 Å². The van der Waals surface area contributed by atoms with Crippen molar-refractivity contribution in [3.8, 4) is 17.2 Å². The van der Waals surface area contributed by atoms with Crippen molar-refractivity contribution in [3.63, 3.8) is 0 Å². The molecule has 0 radical (unpaired) electrons. The lowest BCUT2D eigenvalue weighted by Gasteiger charge is -2.20. The van der Waals surface area contributed by atoms with E-state index in [1.807, 2.05) is 13.0 Å². The van der Waals surface area contributed by atoms with Crippen molar-refractivity contribution < 1.29 is 23.7 Å². The standard InChI is InChI=1S/C16H22N2O5/c1-11(13-3-2-7-21-13)18-16(19)17-6-8-20-12-4-5-14-15(9-12)23-10-22-14/h4-5,9,11,13H,2-3,6-8,10H2,1H3,(H2,17,18,19). The van der Waals surface area contributed by atoms with Gasteiger partial charge in [0, 0.05) is 12.7 Å². The van der Waals surface area contributed by atoms with Gasteiger partial charge in [-0.2, -0.15) is 0 Å². The minimum absolute atomic E-state index is 0.00674. The zero-order valence-corrected chi connectivity index (χ0v) is 13.2. The Morgan fingerprint density at radius 2 is 2.26 bits per heavy atom. The first-order valence-corrected chi connectivity index (χ1v) is 7.91. The number of urea groups is 1. The summed E-state index contributed by atoms with van der Waals surface area (Å²) in [6.07, 6.45) is 2.17. The number of carbonyl (C=O) groups excluding carboxylic acids is 1. The summed E-state index contributed by atoms with van der Waals surface area (Å²) in [6.45, 7) is 3.77. The van der Waals surface area contributed by atoms with Gasteiger partial charge < -0.3 is 29.6 Å². The molecule has 2 unspecified atom stereocenters. The average molecular weight is 322 g/mol. The monoisotopic (exact) mass is 322 g/mol. The summed E-state index contributed by atoms with van der Waals surface area (Å²) in [5.41, 5.74) is 0. The molecule has 1 fully saturated rings. The molecule has 7 heteroatoms. The van der Waals surface area contributed by atoms with E-state index in [4.69, 9.17) is 18.9 Å². The molecule has 1 saturated heterocycles. The smallest absolute Gasteiger partial charge is 0.315 e. The molecule has 1 aromatic rings. The highest BCUT2D eigenvalue weighted by atomic mass is 16.7. The van der Waals surface area contributed by atoms with Gasteiger partial charge in [-0.15, -0.1) is 0 Å². The van der Waals surface area contributed by atoms with E-state index in [9.17, 15) is 4.79 Å². The highest BCUT2D eigenvalue weighted by molar-refractivity contribution is 5.74. The van der Waals surface area contributed by atoms with Gasteiger partial charge in [0.15, 0.2) is 11.5 Å². The van der Waals surface area contributed by atoms with E-state index in [0.29, 0.717) is 24.7 Å². The molecule has 0 saturated carbocycles. The molecule has 2 amide bonds. The Morgan fingerprint density at radius 1 is 1.39 bits per heavy atom. The quantitative estimate of drug-likeness (QED) is 0.779. The van der Waals surface area contributed by atoms with Crippen molar-refractivity contribution in [2.75, 3.05) is 26.6 Å². The van der Waals surface area contributed by atoms with Gasteiger partial charge in [-0.25, -0.2) is 4.79 Å². The van der Waals surface area contributed by atoms with Crippen LogP contribution < -0.4 is 24.8 Å². The van der Waals surface area contributed by atoms with Crippen molar-refractivity contribution in [1.29, 1.82) is 0 Å². The van der Waals surface area contributed by atoms with Crippen molar-refractivity contribution in [3.05, 3.63) is 18.2 Å². The highest BCUT2D eigenvalue weighted by Gasteiger charge is 2.23. The fourth-order valence-electron chi connectivity index (χ4n) is 2.65. The third kappa shape index (κ3) is 4.19. The largest absolute Gasteiger partial charge is 0.492 e. The lowest BCUT2D eigenvalue weighted by Crippen LogP contribution is -2.46. The topological polar surface area (TPSA) is 78.1 Å². The second-order valence-electron chi connectivity index (χ2n) is 5.60. The van der Waals surface area contributed by atoms with Crippen LogP contribution in [0.1, 0.15) is 19.8 Å². The average Bonchev–Trinajstić information content (AvgIpc) is 3.22. The third-order valence-corrected chi connectivity index (χ3v) is 3.88. The van der Waals surface area contributed by atoms with E-state index in [0.717, 1.165) is 25.2 Å². The summed E-state index contributed by atoms with van der Waals surface area (Å²) in [5.74, 6) is 2.08. The summed E-state index contributed by atoms with van der Waals surface area (Å²) >= 11 is 0. The minimum atomic E-state index is -0.206. The molecule has 2 atom stereocenters. The molecule has 1 aromatic carbocycles. The van der Waals surface area contributed by atoms with Crippen LogP contribution in [-0.2, 0) is 4.74 Å². The number of rotatable bonds is 6. The zero-order valence-electron chi connectivity index (χ0n) is 13.2. The molecule has 126 valence electrons. The number of hydrogen-bond acceptors (Lipinski definition) is 5. The van der Waals surface area contributed by atoms with Crippen molar-refractivity contribution >= 4 is 6.03 Å². The number of carbonyl (C=O) groups is 1. The van der Waals surface area contributed by atoms with Gasteiger partial charge in [0.05, 0.1) is 18.7 Å². The molecule has 2 N–H and O–H groups in total. The van der Waals surface area contributed by atoms with Gasteiger partial charge in [-0.1, -0.05) is 0 Å². The van der Waals surface area contributed by atoms with Crippen molar-refractivity contribution in [2.45, 2.75) is 31.9 Å². The van der Waals surface area contributed by atoms with Gasteiger partial charge >= 0.3 is 6.03 Å². The molecule has 0 spiro atoms. The lowest BCUT2D eigenvalue weighted by molar-refractivity contribution is 0.0860. The Morgan fingerprint density at radius 3 is 3.09 bits per heavy atom. The summed E-state index contributed by atoms with van der Waals surface area (Å²) in [6, 6.07) is 5.20. The summed E-state index contributed by atoms with van der Waals surface area (Å²) < 4.78 is 21.6. The number of ether oxygens (including phenoxy) is 4. The van der Waals surface area contributed by atoms with Gasteiger partial charge in [-0.05, 0) is 31.9 Å². The van der Waals surface area contributed by atoms with Gasteiger partial charge in [0.25, 0.3) is 0 Å². The molecule has 7 nitrogen and oxygen atoms in total. The molecular weight excluding hydrogens is 300 g/mol. The number of benzene rings is 1. The predicted molar refractivity (Wildman–Crippen MR) is 83.0 cm³/mol. The fourth-order valence-corrected chi connectivity index (χ4v) is 2.65. The van der Waals surface area contributed by atoms with Crippen LogP contribution in [0, 0.1) is 0 Å². The first kappa shape index (κ1) is 15.7. The van der Waals surface area contributed by atoms with Crippen LogP contribution in [0.5, 0.6) is 17.2 Å². The number of amides is 2. The van der Waals surface area contributed by atoms with E-state index in [-0.39, 0.29) is 25.0 Å². The normalized spacial score (nSPS) is 20.1. The number of nitrogens with one attached hydrogen (secondary N) is 2. The zero-order chi connectivity index (χ0) is 16.1. The minimum Gasteiger partial charge on any atom is -0.492 e. The summed E-state index contributed by atoms with van der Waals surface area (Å²) in [5, 5.41) is 5.66. The van der Waals surface area contributed by atoms with Crippen LogP contribution in [0.3, 0.4) is 0 Å². The van der Waals surface area contributed by atoms with E-state index in [2.05, 4.69) is 10.6 Å². The van der Waals surface area contributed by atoms with Crippen LogP contribution in [0.4, 0.5) is 4.79 Å². The number of hydrogen-bond donors (Lipinski definition) is 2. The molecule has 23 heavy (non-hydrogen) atoms. The van der Waals surface area contributed by atoms with Crippen LogP contribution in [0.15, 0.2) is 18.2 Å². The van der Waals surface area contributed by atoms with E-state index in [1.54, 1.807) is 12.1 Å². The Hall–Kier alpha value is -2.15. The molecule has 0 aliphatic carbocycles. The molecule has 3 rings (SSSR count). The lowest BCUT2D eigenvalue weighted by atomic mass is 10.1. The summed E-state index contributed by atoms with van der Waals surface area (Å²) in [4.78, 5) is 11.8. The van der Waals surface area contributed by atoms with E-state index in [1.165, 1.54) is 0 Å². The Kier molecular flexibility index (Phi) is 5.07. The number of fused-ring (bicyclic) bond motifs is 1. The Balaban J connectivity index is 1.34. The van der Waals surface area contributed by atoms with Gasteiger partial charge in [-0.3, -0.25) is 0 Å². The molecule has 2 aliphatic rings. The van der Waals surface area contributed by atoms with Gasteiger partial charge in [0.2, 0.25) is 6.79 Å². The van der Waals surface area contributed by atoms with Crippen LogP contribution in [0.2, 0.25) is 0 Å². The van der Waals surface area contributed by atoms with Crippen LogP contribution in [0.25, 0.3) is 0 Å². The van der Waals surface area contributed by atoms with E-state index >= 15 is 0 Å². The van der Waals surface area contributed by atoms with Gasteiger partial charge in [0.1, 0.15) is 12.4 Å².